The Morgan fingerprint density at radius 3 is 2.25 bits per heavy atom. The lowest BCUT2D eigenvalue weighted by molar-refractivity contribution is -0.0653. The average Bonchev–Trinajstić information content (AvgIpc) is 2.75. The summed E-state index contributed by atoms with van der Waals surface area (Å²) in [5.41, 5.74) is 3.67. The molecule has 0 N–H and O–H groups in total. The van der Waals surface area contributed by atoms with Crippen LogP contribution in [-0.4, -0.2) is 34.4 Å². The van der Waals surface area contributed by atoms with Crippen molar-refractivity contribution in [3.05, 3.63) is 78.4 Å². The number of rotatable bonds is 4. The molecule has 1 fully saturated rings. The topological polar surface area (TPSA) is 29.5 Å². The number of nitrogens with zero attached hydrogens (tertiary/aromatic N) is 1. The summed E-state index contributed by atoms with van der Waals surface area (Å²) in [5.74, 6) is 0.961. The van der Waals surface area contributed by atoms with E-state index in [0.29, 0.717) is 0 Å². The number of likely N-dealkylation sites (tertiary alicyclic amines) is 1. The lowest BCUT2D eigenvalue weighted by atomic mass is 9.78. The second-order valence-corrected chi connectivity index (χ2v) is 10.4. The Balaban J connectivity index is 1.56. The highest BCUT2D eigenvalue weighted by atomic mass is 16.5. The first kappa shape index (κ1) is 21.0. The van der Waals surface area contributed by atoms with Crippen molar-refractivity contribution in [3.8, 4) is 16.9 Å². The number of fused-ring (bicyclic) bond motifs is 2. The van der Waals surface area contributed by atoms with E-state index in [1.807, 2.05) is 42.5 Å². The molecular weight excluding hydrogens is 394 g/mol. The van der Waals surface area contributed by atoms with Crippen LogP contribution in [0, 0.1) is 0 Å². The molecule has 3 nitrogen and oxygen atoms in total. The van der Waals surface area contributed by atoms with E-state index in [2.05, 4.69) is 57.4 Å². The predicted octanol–water partition coefficient (Wildman–Crippen LogP) is 6.64. The van der Waals surface area contributed by atoms with Crippen molar-refractivity contribution in [2.45, 2.75) is 57.7 Å². The molecular formula is C29H31NO2. The zero-order valence-electron chi connectivity index (χ0n) is 19.4. The monoisotopic (exact) mass is 425 g/mol. The van der Waals surface area contributed by atoms with Gasteiger partial charge in [0.15, 0.2) is 5.78 Å². The van der Waals surface area contributed by atoms with Gasteiger partial charge in [-0.2, -0.15) is 0 Å². The molecule has 3 aromatic rings. The highest BCUT2D eigenvalue weighted by molar-refractivity contribution is 6.26. The molecule has 1 heterocycles. The molecule has 32 heavy (non-hydrogen) atoms. The van der Waals surface area contributed by atoms with Crippen LogP contribution in [0.3, 0.4) is 0 Å². The molecule has 1 saturated heterocycles. The van der Waals surface area contributed by atoms with Crippen LogP contribution in [0.5, 0.6) is 5.75 Å². The number of hydrogen-bond donors (Lipinski definition) is 0. The Labute approximate surface area is 190 Å². The lowest BCUT2D eigenvalue weighted by Gasteiger charge is -2.54. The summed E-state index contributed by atoms with van der Waals surface area (Å²) in [6.07, 6.45) is 3.97. The van der Waals surface area contributed by atoms with E-state index in [9.17, 15) is 4.79 Å². The number of ketones is 1. The number of benzene rings is 3. The van der Waals surface area contributed by atoms with Gasteiger partial charge < -0.3 is 4.74 Å². The average molecular weight is 426 g/mol. The molecule has 1 aliphatic heterocycles. The summed E-state index contributed by atoms with van der Waals surface area (Å²) >= 11 is 0. The standard InChI is InChI=1S/C29H31NO2/c1-6-16-30-28(2,3)17-19(18-29(30,4)5)32-25-15-14-21-20-10-7-8-11-22(20)27(31)24-13-9-12-23(25)26(21)24/h6-15,19H,1,16-18H2,2-5H3. The van der Waals surface area contributed by atoms with E-state index in [-0.39, 0.29) is 23.0 Å². The fourth-order valence-electron chi connectivity index (χ4n) is 6.07. The zero-order chi connectivity index (χ0) is 22.7. The van der Waals surface area contributed by atoms with Gasteiger partial charge in [0.25, 0.3) is 0 Å². The third kappa shape index (κ3) is 3.18. The van der Waals surface area contributed by atoms with Crippen molar-refractivity contribution in [3.63, 3.8) is 0 Å². The fraction of sp³-hybridized carbons (Fsp3) is 0.345. The van der Waals surface area contributed by atoms with Gasteiger partial charge in [0.05, 0.1) is 0 Å². The normalized spacial score (nSPS) is 19.6. The van der Waals surface area contributed by atoms with Gasteiger partial charge >= 0.3 is 0 Å². The molecule has 0 spiro atoms. The van der Waals surface area contributed by atoms with Crippen molar-refractivity contribution in [1.29, 1.82) is 0 Å². The van der Waals surface area contributed by atoms with E-state index in [1.54, 1.807) is 0 Å². The molecule has 3 aromatic carbocycles. The molecule has 0 radical (unpaired) electrons. The van der Waals surface area contributed by atoms with Gasteiger partial charge in [-0.3, -0.25) is 9.69 Å². The first-order valence-corrected chi connectivity index (χ1v) is 11.5. The number of hydrogen-bond acceptors (Lipinski definition) is 3. The van der Waals surface area contributed by atoms with Crippen LogP contribution in [-0.2, 0) is 0 Å². The van der Waals surface area contributed by atoms with Gasteiger partial charge in [0, 0.05) is 52.4 Å². The highest BCUT2D eigenvalue weighted by Gasteiger charge is 2.45. The number of piperidine rings is 1. The van der Waals surface area contributed by atoms with Gasteiger partial charge in [-0.15, -0.1) is 6.58 Å². The van der Waals surface area contributed by atoms with Crippen molar-refractivity contribution in [2.24, 2.45) is 0 Å². The predicted molar refractivity (Wildman–Crippen MR) is 132 cm³/mol. The first-order valence-electron chi connectivity index (χ1n) is 11.5. The second kappa shape index (κ2) is 7.31. The first-order chi connectivity index (χ1) is 15.2. The maximum Gasteiger partial charge on any atom is 0.194 e. The van der Waals surface area contributed by atoms with E-state index in [1.165, 1.54) is 0 Å². The Bertz CT molecular complexity index is 1220. The fourth-order valence-corrected chi connectivity index (χ4v) is 6.07. The maximum atomic E-state index is 13.2. The SMILES string of the molecule is C=CCN1C(C)(C)CC(Oc2ccc3c4c(cccc24)C(=O)c2ccccc2-3)CC1(C)C. The number of carbonyl (C=O) groups excluding carboxylic acids is 1. The van der Waals surface area contributed by atoms with Gasteiger partial charge in [0.2, 0.25) is 0 Å². The summed E-state index contributed by atoms with van der Waals surface area (Å²) in [7, 11) is 0. The van der Waals surface area contributed by atoms with Crippen molar-refractivity contribution >= 4 is 16.6 Å². The third-order valence-electron chi connectivity index (χ3n) is 7.23. The van der Waals surface area contributed by atoms with Crippen molar-refractivity contribution < 1.29 is 9.53 Å². The Morgan fingerprint density at radius 1 is 0.906 bits per heavy atom. The van der Waals surface area contributed by atoms with Crippen LogP contribution >= 0.6 is 0 Å². The number of carbonyl (C=O) groups is 1. The summed E-state index contributed by atoms with van der Waals surface area (Å²) in [4.78, 5) is 15.7. The molecule has 164 valence electrons. The minimum Gasteiger partial charge on any atom is -0.490 e. The number of ether oxygens (including phenoxy) is 1. The van der Waals surface area contributed by atoms with Crippen LogP contribution in [0.2, 0.25) is 0 Å². The molecule has 5 rings (SSSR count). The molecule has 2 aliphatic rings. The lowest BCUT2D eigenvalue weighted by Crippen LogP contribution is -2.62. The van der Waals surface area contributed by atoms with Crippen molar-refractivity contribution in [1.82, 2.24) is 4.90 Å². The molecule has 0 atom stereocenters. The van der Waals surface area contributed by atoms with Crippen LogP contribution in [0.25, 0.3) is 21.9 Å². The maximum absolute atomic E-state index is 13.2. The van der Waals surface area contributed by atoms with Gasteiger partial charge in [0.1, 0.15) is 11.9 Å². The quantitative estimate of drug-likeness (QED) is 0.343. The van der Waals surface area contributed by atoms with Crippen LogP contribution < -0.4 is 4.74 Å². The zero-order valence-corrected chi connectivity index (χ0v) is 19.4. The smallest absolute Gasteiger partial charge is 0.194 e. The molecule has 0 aromatic heterocycles. The molecule has 3 heteroatoms. The van der Waals surface area contributed by atoms with Crippen LogP contribution in [0.1, 0.15) is 56.5 Å². The highest BCUT2D eigenvalue weighted by Crippen LogP contribution is 2.44. The minimum atomic E-state index is 0.00184. The van der Waals surface area contributed by atoms with Crippen molar-refractivity contribution in [2.75, 3.05) is 6.54 Å². The van der Waals surface area contributed by atoms with Crippen LogP contribution in [0.4, 0.5) is 0 Å². The largest absolute Gasteiger partial charge is 0.490 e. The summed E-state index contributed by atoms with van der Waals surface area (Å²) in [6, 6.07) is 18.1. The Morgan fingerprint density at radius 2 is 1.56 bits per heavy atom. The van der Waals surface area contributed by atoms with E-state index >= 15 is 0 Å². The Kier molecular flexibility index (Phi) is 4.79. The van der Waals surface area contributed by atoms with E-state index < -0.39 is 0 Å². The van der Waals surface area contributed by atoms with Crippen LogP contribution in [0.15, 0.2) is 67.3 Å². The third-order valence-corrected chi connectivity index (χ3v) is 7.23. The second-order valence-electron chi connectivity index (χ2n) is 10.4. The van der Waals surface area contributed by atoms with E-state index in [4.69, 9.17) is 4.74 Å². The minimum absolute atomic E-state index is 0.00184. The summed E-state index contributed by atoms with van der Waals surface area (Å²) in [6.45, 7) is 14.0. The molecule has 0 amide bonds. The molecule has 1 aliphatic carbocycles. The Hall–Kier alpha value is -2.91. The molecule has 0 bridgehead atoms. The van der Waals surface area contributed by atoms with Gasteiger partial charge in [-0.05, 0) is 44.9 Å². The van der Waals surface area contributed by atoms with Gasteiger partial charge in [-0.25, -0.2) is 0 Å². The summed E-state index contributed by atoms with van der Waals surface area (Å²) in [5, 5.41) is 2.03. The summed E-state index contributed by atoms with van der Waals surface area (Å²) < 4.78 is 6.70. The molecule has 0 unspecified atom stereocenters. The van der Waals surface area contributed by atoms with Gasteiger partial charge in [-0.1, -0.05) is 54.6 Å². The molecule has 0 saturated carbocycles. The van der Waals surface area contributed by atoms with E-state index in [0.717, 1.165) is 58.2 Å².